The van der Waals surface area contributed by atoms with Crippen LogP contribution in [0.4, 0.5) is 18.9 Å². The highest BCUT2D eigenvalue weighted by atomic mass is 35.5. The second-order valence-corrected chi connectivity index (χ2v) is 9.54. The van der Waals surface area contributed by atoms with Gasteiger partial charge in [0.15, 0.2) is 5.60 Å². The Morgan fingerprint density at radius 1 is 1.23 bits per heavy atom. The number of methoxy groups -OCH3 is 1. The molecule has 0 saturated carbocycles. The number of rotatable bonds is 10. The lowest BCUT2D eigenvalue weighted by molar-refractivity contribution is -0.139. The zero-order chi connectivity index (χ0) is 25.8. The van der Waals surface area contributed by atoms with Crippen molar-refractivity contribution in [3.05, 3.63) is 23.3 Å². The lowest BCUT2D eigenvalue weighted by Crippen LogP contribution is -2.53. The van der Waals surface area contributed by atoms with Gasteiger partial charge in [0.1, 0.15) is 5.75 Å². The average Bonchev–Trinajstić information content (AvgIpc) is 2.70. The van der Waals surface area contributed by atoms with E-state index in [4.69, 9.17) is 15.2 Å². The van der Waals surface area contributed by atoms with Crippen LogP contribution in [0.25, 0.3) is 0 Å². The van der Waals surface area contributed by atoms with E-state index in [-0.39, 0.29) is 53.9 Å². The topological polar surface area (TPSA) is 85.1 Å². The van der Waals surface area contributed by atoms with Crippen LogP contribution in [-0.4, -0.2) is 61.2 Å². The third kappa shape index (κ3) is 7.72. The molecular formula is C24H37ClF3N3O4. The molecule has 0 radical (unpaired) electrons. The van der Waals surface area contributed by atoms with Crippen molar-refractivity contribution in [2.24, 2.45) is 5.73 Å². The summed E-state index contributed by atoms with van der Waals surface area (Å²) in [7, 11) is 1.58. The van der Waals surface area contributed by atoms with Crippen molar-refractivity contribution in [3.8, 4) is 5.75 Å². The first-order valence-corrected chi connectivity index (χ1v) is 11.5. The van der Waals surface area contributed by atoms with Gasteiger partial charge in [0.25, 0.3) is 5.91 Å². The number of hydrogen-bond donors (Lipinski definition) is 1. The van der Waals surface area contributed by atoms with Crippen molar-refractivity contribution in [3.63, 3.8) is 0 Å². The minimum atomic E-state index is -4.70. The molecule has 1 heterocycles. The molecule has 1 aliphatic rings. The fourth-order valence-electron chi connectivity index (χ4n) is 3.98. The molecule has 1 aromatic rings. The molecule has 200 valence electrons. The number of nitrogens with two attached hydrogens (primary N) is 1. The summed E-state index contributed by atoms with van der Waals surface area (Å²) in [5.41, 5.74) is 3.60. The normalized spacial score (nSPS) is 15.9. The molecule has 2 rings (SSSR count). The van der Waals surface area contributed by atoms with Gasteiger partial charge in [-0.2, -0.15) is 13.2 Å². The minimum Gasteiger partial charge on any atom is -0.476 e. The molecule has 0 aliphatic carbocycles. The van der Waals surface area contributed by atoms with E-state index in [9.17, 15) is 22.8 Å². The van der Waals surface area contributed by atoms with E-state index in [2.05, 4.69) is 0 Å². The Kier molecular flexibility index (Phi) is 10.9. The standard InChI is InChI=1S/C24H36F3N3O4.ClH/c1-15(2)30(14-16(3)28)21(31)12-17-11-19-20(13-18(17)24(25,26)27)34-23(4,5)22(32)29(19)9-7-8-10-33-6;/h11,13,15-16H,7-10,12,14,28H2,1-6H3;1H/t16-;/m1./s1. The summed E-state index contributed by atoms with van der Waals surface area (Å²) in [6.07, 6.45) is -3.89. The van der Waals surface area contributed by atoms with Gasteiger partial charge in [0.2, 0.25) is 5.91 Å². The molecule has 11 heteroatoms. The third-order valence-corrected chi connectivity index (χ3v) is 5.66. The number of carbonyl (C=O) groups excluding carboxylic acids is 2. The fraction of sp³-hybridized carbons (Fsp3) is 0.667. The summed E-state index contributed by atoms with van der Waals surface area (Å²) in [5.74, 6) is -0.848. The molecule has 0 unspecified atom stereocenters. The lowest BCUT2D eigenvalue weighted by atomic mass is 9.97. The van der Waals surface area contributed by atoms with Gasteiger partial charge in [0, 0.05) is 38.9 Å². The molecular weight excluding hydrogens is 487 g/mol. The number of benzene rings is 1. The molecule has 1 atom stereocenters. The second kappa shape index (κ2) is 12.3. The Bertz CT molecular complexity index is 892. The van der Waals surface area contributed by atoms with Crippen LogP contribution >= 0.6 is 12.4 Å². The molecule has 1 aliphatic heterocycles. The number of ether oxygens (including phenoxy) is 2. The maximum absolute atomic E-state index is 14.0. The molecule has 7 nitrogen and oxygen atoms in total. The third-order valence-electron chi connectivity index (χ3n) is 5.66. The fourth-order valence-corrected chi connectivity index (χ4v) is 3.98. The van der Waals surface area contributed by atoms with Crippen molar-refractivity contribution in [1.82, 2.24) is 4.90 Å². The number of halogens is 4. The van der Waals surface area contributed by atoms with Gasteiger partial charge in [-0.25, -0.2) is 0 Å². The Hall–Kier alpha value is -2.04. The number of carbonyl (C=O) groups is 2. The number of fused-ring (bicyclic) bond motifs is 1. The first kappa shape index (κ1) is 31.0. The molecule has 0 saturated heterocycles. The second-order valence-electron chi connectivity index (χ2n) is 9.54. The smallest absolute Gasteiger partial charge is 0.416 e. The average molecular weight is 524 g/mol. The monoisotopic (exact) mass is 523 g/mol. The van der Waals surface area contributed by atoms with E-state index in [1.165, 1.54) is 29.7 Å². The van der Waals surface area contributed by atoms with Crippen molar-refractivity contribution in [2.45, 2.75) is 77.7 Å². The minimum absolute atomic E-state index is 0. The predicted molar refractivity (Wildman–Crippen MR) is 131 cm³/mol. The molecule has 2 amide bonds. The van der Waals surface area contributed by atoms with Gasteiger partial charge < -0.3 is 25.0 Å². The van der Waals surface area contributed by atoms with Crippen molar-refractivity contribution in [1.29, 1.82) is 0 Å². The number of unbranched alkanes of at least 4 members (excludes halogenated alkanes) is 1. The molecule has 2 N–H and O–H groups in total. The molecule has 0 bridgehead atoms. The van der Waals surface area contributed by atoms with Gasteiger partial charge in [-0.15, -0.1) is 12.4 Å². The highest BCUT2D eigenvalue weighted by Crippen LogP contribution is 2.44. The summed E-state index contributed by atoms with van der Waals surface area (Å²) < 4.78 is 52.7. The quantitative estimate of drug-likeness (QED) is 0.465. The number of hydrogen-bond acceptors (Lipinski definition) is 5. The summed E-state index contributed by atoms with van der Waals surface area (Å²) >= 11 is 0. The van der Waals surface area contributed by atoms with Gasteiger partial charge in [0.05, 0.1) is 17.7 Å². The van der Waals surface area contributed by atoms with Crippen LogP contribution in [0.5, 0.6) is 5.75 Å². The SMILES string of the molecule is COCCCCN1C(=O)C(C)(C)Oc2cc(C(F)(F)F)c(CC(=O)N(C[C@@H](C)N)C(C)C)cc21.Cl. The van der Waals surface area contributed by atoms with E-state index in [1.807, 2.05) is 0 Å². The van der Waals surface area contributed by atoms with Gasteiger partial charge >= 0.3 is 6.18 Å². The van der Waals surface area contributed by atoms with Gasteiger partial charge in [-0.3, -0.25) is 9.59 Å². The van der Waals surface area contributed by atoms with E-state index < -0.39 is 29.7 Å². The van der Waals surface area contributed by atoms with Gasteiger partial charge in [-0.1, -0.05) is 0 Å². The first-order chi connectivity index (χ1) is 15.7. The molecule has 0 aromatic heterocycles. The van der Waals surface area contributed by atoms with E-state index in [0.717, 1.165) is 6.07 Å². The molecule has 1 aromatic carbocycles. The van der Waals surface area contributed by atoms with Crippen molar-refractivity contribution in [2.75, 3.05) is 31.7 Å². The summed E-state index contributed by atoms with van der Waals surface area (Å²) in [6.45, 7) is 9.39. The van der Waals surface area contributed by atoms with E-state index in [1.54, 1.807) is 27.9 Å². The first-order valence-electron chi connectivity index (χ1n) is 11.5. The molecule has 0 spiro atoms. The Morgan fingerprint density at radius 2 is 1.86 bits per heavy atom. The van der Waals surface area contributed by atoms with Crippen LogP contribution in [-0.2, 0) is 26.9 Å². The highest BCUT2D eigenvalue weighted by molar-refractivity contribution is 6.02. The zero-order valence-electron chi connectivity index (χ0n) is 21.2. The molecule has 35 heavy (non-hydrogen) atoms. The lowest BCUT2D eigenvalue weighted by Gasteiger charge is -2.39. The van der Waals surface area contributed by atoms with Crippen LogP contribution in [0.1, 0.15) is 58.6 Å². The van der Waals surface area contributed by atoms with Crippen LogP contribution < -0.4 is 15.4 Å². The Labute approximate surface area is 211 Å². The highest BCUT2D eigenvalue weighted by Gasteiger charge is 2.43. The number of amides is 2. The predicted octanol–water partition coefficient (Wildman–Crippen LogP) is 4.18. The number of alkyl halides is 3. The number of anilines is 1. The molecule has 0 fully saturated rings. The van der Waals surface area contributed by atoms with E-state index in [0.29, 0.717) is 26.0 Å². The zero-order valence-corrected chi connectivity index (χ0v) is 22.0. The van der Waals surface area contributed by atoms with Crippen LogP contribution in [0.3, 0.4) is 0 Å². The van der Waals surface area contributed by atoms with Crippen LogP contribution in [0.15, 0.2) is 12.1 Å². The Balaban J connectivity index is 0.00000612. The van der Waals surface area contributed by atoms with Crippen LogP contribution in [0.2, 0.25) is 0 Å². The van der Waals surface area contributed by atoms with E-state index >= 15 is 0 Å². The Morgan fingerprint density at radius 3 is 2.37 bits per heavy atom. The van der Waals surface area contributed by atoms with Crippen LogP contribution in [0, 0.1) is 0 Å². The maximum Gasteiger partial charge on any atom is 0.416 e. The number of nitrogens with zero attached hydrogens (tertiary/aromatic N) is 2. The van der Waals surface area contributed by atoms with Crippen molar-refractivity contribution < 1.29 is 32.2 Å². The summed E-state index contributed by atoms with van der Waals surface area (Å²) in [4.78, 5) is 29.0. The largest absolute Gasteiger partial charge is 0.476 e. The maximum atomic E-state index is 14.0. The summed E-state index contributed by atoms with van der Waals surface area (Å²) in [6, 6.07) is 1.62. The van der Waals surface area contributed by atoms with Crippen molar-refractivity contribution >= 4 is 29.9 Å². The summed E-state index contributed by atoms with van der Waals surface area (Å²) in [5, 5.41) is 0. The van der Waals surface area contributed by atoms with Gasteiger partial charge in [-0.05, 0) is 65.2 Å².